The van der Waals surface area contributed by atoms with Crippen molar-refractivity contribution in [1.82, 2.24) is 4.90 Å². The first-order valence-electron chi connectivity index (χ1n) is 8.94. The summed E-state index contributed by atoms with van der Waals surface area (Å²) in [5, 5.41) is 0. The number of ether oxygens (including phenoxy) is 2. The van der Waals surface area contributed by atoms with E-state index in [1.165, 1.54) is 4.90 Å². The van der Waals surface area contributed by atoms with Crippen LogP contribution in [0, 0.1) is 5.92 Å². The average Bonchev–Trinajstić information content (AvgIpc) is 2.55. The van der Waals surface area contributed by atoms with E-state index in [4.69, 9.17) is 9.47 Å². The number of hydrogen-bond donors (Lipinski definition) is 0. The third-order valence-corrected chi connectivity index (χ3v) is 4.47. The summed E-state index contributed by atoms with van der Waals surface area (Å²) in [6.45, 7) is 9.81. The van der Waals surface area contributed by atoms with Gasteiger partial charge in [-0.05, 0) is 32.3 Å². The van der Waals surface area contributed by atoms with Crippen LogP contribution in [0.1, 0.15) is 46.6 Å². The van der Waals surface area contributed by atoms with Crippen molar-refractivity contribution >= 4 is 12.0 Å². The van der Waals surface area contributed by atoms with Gasteiger partial charge in [0.25, 0.3) is 5.91 Å². The summed E-state index contributed by atoms with van der Waals surface area (Å²) < 4.78 is 11.3. The maximum atomic E-state index is 13.0. The SMILES string of the molecule is CC[C@H](C)C1COC(Cc2ccccc2)C(=O)N1C(=O)OC(C)(C)C. The first-order chi connectivity index (χ1) is 11.7. The molecule has 138 valence electrons. The molecule has 1 saturated heterocycles. The molecule has 0 N–H and O–H groups in total. The van der Waals surface area contributed by atoms with Gasteiger partial charge < -0.3 is 9.47 Å². The number of morpholine rings is 1. The molecule has 0 saturated carbocycles. The van der Waals surface area contributed by atoms with Crippen molar-refractivity contribution in [2.24, 2.45) is 5.92 Å². The van der Waals surface area contributed by atoms with Crippen molar-refractivity contribution < 1.29 is 19.1 Å². The Morgan fingerprint density at radius 1 is 1.32 bits per heavy atom. The highest BCUT2D eigenvalue weighted by atomic mass is 16.6. The summed E-state index contributed by atoms with van der Waals surface area (Å²) in [6.07, 6.45) is 0.0651. The van der Waals surface area contributed by atoms with Gasteiger partial charge in [-0.15, -0.1) is 0 Å². The molecule has 0 bridgehead atoms. The maximum Gasteiger partial charge on any atom is 0.417 e. The zero-order valence-electron chi connectivity index (χ0n) is 15.8. The van der Waals surface area contributed by atoms with Crippen molar-refractivity contribution in [3.05, 3.63) is 35.9 Å². The zero-order valence-corrected chi connectivity index (χ0v) is 15.8. The highest BCUT2D eigenvalue weighted by Gasteiger charge is 2.43. The van der Waals surface area contributed by atoms with Crippen molar-refractivity contribution in [3.63, 3.8) is 0 Å². The predicted octanol–water partition coefficient (Wildman–Crippen LogP) is 3.81. The first kappa shape index (κ1) is 19.4. The zero-order chi connectivity index (χ0) is 18.6. The lowest BCUT2D eigenvalue weighted by atomic mass is 9.95. The van der Waals surface area contributed by atoms with E-state index >= 15 is 0 Å². The van der Waals surface area contributed by atoms with Crippen LogP contribution in [0.4, 0.5) is 4.79 Å². The fourth-order valence-corrected chi connectivity index (χ4v) is 2.88. The molecular weight excluding hydrogens is 318 g/mol. The van der Waals surface area contributed by atoms with E-state index in [0.29, 0.717) is 13.0 Å². The topological polar surface area (TPSA) is 55.8 Å². The number of rotatable bonds is 4. The maximum absolute atomic E-state index is 13.0. The highest BCUT2D eigenvalue weighted by molar-refractivity contribution is 5.95. The number of hydrogen-bond acceptors (Lipinski definition) is 4. The minimum absolute atomic E-state index is 0.147. The van der Waals surface area contributed by atoms with Crippen LogP contribution in [0.5, 0.6) is 0 Å². The van der Waals surface area contributed by atoms with Crippen LogP contribution in [0.2, 0.25) is 0 Å². The monoisotopic (exact) mass is 347 g/mol. The van der Waals surface area contributed by atoms with Gasteiger partial charge in [0.1, 0.15) is 11.7 Å². The fourth-order valence-electron chi connectivity index (χ4n) is 2.88. The van der Waals surface area contributed by atoms with Crippen LogP contribution >= 0.6 is 0 Å². The van der Waals surface area contributed by atoms with Crippen molar-refractivity contribution in [1.29, 1.82) is 0 Å². The van der Waals surface area contributed by atoms with Crippen LogP contribution in [-0.2, 0) is 20.7 Å². The Labute approximate surface area is 150 Å². The Kier molecular flexibility index (Phi) is 6.22. The average molecular weight is 347 g/mol. The summed E-state index contributed by atoms with van der Waals surface area (Å²) in [5.74, 6) is -0.163. The van der Waals surface area contributed by atoms with Crippen molar-refractivity contribution in [2.75, 3.05) is 6.61 Å². The molecule has 1 heterocycles. The minimum Gasteiger partial charge on any atom is -0.443 e. The number of amides is 2. The van der Waals surface area contributed by atoms with E-state index in [9.17, 15) is 9.59 Å². The fraction of sp³-hybridized carbons (Fsp3) is 0.600. The Bertz CT molecular complexity index is 593. The number of nitrogens with zero attached hydrogens (tertiary/aromatic N) is 1. The molecule has 0 aliphatic carbocycles. The van der Waals surface area contributed by atoms with E-state index < -0.39 is 17.8 Å². The summed E-state index contributed by atoms with van der Waals surface area (Å²) >= 11 is 0. The summed E-state index contributed by atoms with van der Waals surface area (Å²) in [4.78, 5) is 27.0. The molecule has 1 fully saturated rings. The molecule has 2 amide bonds. The molecule has 1 aliphatic rings. The predicted molar refractivity (Wildman–Crippen MR) is 96.2 cm³/mol. The summed E-state index contributed by atoms with van der Waals surface area (Å²) in [7, 11) is 0. The van der Waals surface area contributed by atoms with Crippen LogP contribution in [0.15, 0.2) is 30.3 Å². The third-order valence-electron chi connectivity index (χ3n) is 4.47. The van der Waals surface area contributed by atoms with Gasteiger partial charge in [0.15, 0.2) is 0 Å². The van der Waals surface area contributed by atoms with Crippen molar-refractivity contribution in [3.8, 4) is 0 Å². The van der Waals surface area contributed by atoms with E-state index in [1.807, 2.05) is 44.2 Å². The number of carbonyl (C=O) groups excluding carboxylic acids is 2. The van der Waals surface area contributed by atoms with Gasteiger partial charge in [-0.1, -0.05) is 50.6 Å². The molecule has 2 rings (SSSR count). The molecule has 25 heavy (non-hydrogen) atoms. The van der Waals surface area contributed by atoms with Crippen LogP contribution < -0.4 is 0 Å². The van der Waals surface area contributed by atoms with E-state index in [-0.39, 0.29) is 17.9 Å². The third kappa shape index (κ3) is 5.05. The normalized spacial score (nSPS) is 22.6. The number of benzene rings is 1. The molecule has 1 aromatic carbocycles. The molecular formula is C20H29NO4. The Morgan fingerprint density at radius 2 is 1.96 bits per heavy atom. The minimum atomic E-state index is -0.657. The van der Waals surface area contributed by atoms with E-state index in [1.54, 1.807) is 20.8 Å². The van der Waals surface area contributed by atoms with Gasteiger partial charge in [0.05, 0.1) is 12.6 Å². The van der Waals surface area contributed by atoms with Crippen molar-refractivity contribution in [2.45, 2.75) is 65.2 Å². The molecule has 1 aliphatic heterocycles. The molecule has 0 aromatic heterocycles. The molecule has 0 spiro atoms. The molecule has 0 radical (unpaired) electrons. The molecule has 2 unspecified atom stereocenters. The van der Waals surface area contributed by atoms with Gasteiger partial charge in [-0.3, -0.25) is 4.79 Å². The molecule has 3 atom stereocenters. The Hall–Kier alpha value is -1.88. The van der Waals surface area contributed by atoms with Gasteiger partial charge in [-0.25, -0.2) is 9.69 Å². The van der Waals surface area contributed by atoms with E-state index in [2.05, 4.69) is 0 Å². The Balaban J connectivity index is 2.21. The van der Waals surface area contributed by atoms with Crippen LogP contribution in [0.25, 0.3) is 0 Å². The second-order valence-corrected chi connectivity index (χ2v) is 7.65. The quantitative estimate of drug-likeness (QED) is 0.831. The molecule has 5 heteroatoms. The highest BCUT2D eigenvalue weighted by Crippen LogP contribution is 2.25. The molecule has 5 nitrogen and oxygen atoms in total. The van der Waals surface area contributed by atoms with Gasteiger partial charge in [0, 0.05) is 6.42 Å². The van der Waals surface area contributed by atoms with Gasteiger partial charge in [-0.2, -0.15) is 0 Å². The largest absolute Gasteiger partial charge is 0.443 e. The summed E-state index contributed by atoms with van der Waals surface area (Å²) in [5.41, 5.74) is 0.358. The first-order valence-corrected chi connectivity index (χ1v) is 8.94. The molecule has 1 aromatic rings. The lowest BCUT2D eigenvalue weighted by molar-refractivity contribution is -0.159. The lowest BCUT2D eigenvalue weighted by Crippen LogP contribution is -2.59. The van der Waals surface area contributed by atoms with Crippen LogP contribution in [0.3, 0.4) is 0 Å². The standard InChI is InChI=1S/C20H29NO4/c1-6-14(2)16-13-24-17(12-15-10-8-7-9-11-15)18(22)21(16)19(23)25-20(3,4)5/h7-11,14,16-17H,6,12-13H2,1-5H3/t14-,16?,17?/m0/s1. The second-order valence-electron chi connectivity index (χ2n) is 7.65. The van der Waals surface area contributed by atoms with Gasteiger partial charge in [0.2, 0.25) is 0 Å². The lowest BCUT2D eigenvalue weighted by Gasteiger charge is -2.40. The number of carbonyl (C=O) groups is 2. The Morgan fingerprint density at radius 3 is 2.52 bits per heavy atom. The summed E-state index contributed by atoms with van der Waals surface area (Å²) in [6, 6.07) is 9.40. The van der Waals surface area contributed by atoms with Gasteiger partial charge >= 0.3 is 6.09 Å². The van der Waals surface area contributed by atoms with Crippen LogP contribution in [-0.4, -0.2) is 41.3 Å². The van der Waals surface area contributed by atoms with E-state index in [0.717, 1.165) is 12.0 Å². The smallest absolute Gasteiger partial charge is 0.417 e. The second kappa shape index (κ2) is 8.00. The number of imide groups is 1.